The largest absolute Gasteiger partial charge is 0.375 e. The number of hydrogen-bond acceptors (Lipinski definition) is 5. The summed E-state index contributed by atoms with van der Waals surface area (Å²) in [5, 5.41) is 0. The molecular weight excluding hydrogens is 306 g/mol. The van der Waals surface area contributed by atoms with Crippen molar-refractivity contribution >= 4 is 5.91 Å². The molecule has 2 aliphatic rings. The van der Waals surface area contributed by atoms with Crippen LogP contribution in [0.4, 0.5) is 0 Å². The first kappa shape index (κ1) is 17.4. The molecule has 0 radical (unpaired) electrons. The van der Waals surface area contributed by atoms with Gasteiger partial charge in [-0.15, -0.1) is 0 Å². The quantitative estimate of drug-likeness (QED) is 0.768. The summed E-state index contributed by atoms with van der Waals surface area (Å²) in [6, 6.07) is 0. The molecule has 24 heavy (non-hydrogen) atoms. The molecule has 1 aromatic heterocycles. The van der Waals surface area contributed by atoms with Gasteiger partial charge in [0.2, 0.25) is 5.91 Å². The van der Waals surface area contributed by atoms with Gasteiger partial charge in [0.15, 0.2) is 0 Å². The number of imidazole rings is 1. The summed E-state index contributed by atoms with van der Waals surface area (Å²) in [6.45, 7) is 9.53. The molecule has 0 aliphatic carbocycles. The third-order valence-corrected chi connectivity index (χ3v) is 5.06. The standard InChI is InChI=1S/C17H29N5O2/c1-3-15-12-22(10-11-24-15)17(23)14-21-8-6-20(7-9-21)13-16-18-4-5-19(16)2/h4-5,15H,3,6-14H2,1-2H3. The van der Waals surface area contributed by atoms with Crippen LogP contribution in [0.15, 0.2) is 12.4 Å². The molecule has 0 bridgehead atoms. The molecule has 1 aromatic rings. The first-order valence-corrected chi connectivity index (χ1v) is 8.96. The minimum Gasteiger partial charge on any atom is -0.375 e. The van der Waals surface area contributed by atoms with E-state index in [1.54, 1.807) is 0 Å². The fourth-order valence-electron chi connectivity index (χ4n) is 3.34. The zero-order valence-electron chi connectivity index (χ0n) is 14.9. The Balaban J connectivity index is 1.42. The average molecular weight is 335 g/mol. The van der Waals surface area contributed by atoms with Crippen molar-refractivity contribution in [3.05, 3.63) is 18.2 Å². The molecule has 134 valence electrons. The molecule has 0 aromatic carbocycles. The third kappa shape index (κ3) is 4.34. The van der Waals surface area contributed by atoms with Gasteiger partial charge in [-0.1, -0.05) is 6.92 Å². The lowest BCUT2D eigenvalue weighted by Gasteiger charge is -2.37. The van der Waals surface area contributed by atoms with Gasteiger partial charge in [0.1, 0.15) is 5.82 Å². The van der Waals surface area contributed by atoms with E-state index in [9.17, 15) is 4.79 Å². The summed E-state index contributed by atoms with van der Waals surface area (Å²) in [6.07, 6.45) is 5.00. The van der Waals surface area contributed by atoms with Crippen molar-refractivity contribution in [2.24, 2.45) is 7.05 Å². The van der Waals surface area contributed by atoms with Crippen LogP contribution in [0.2, 0.25) is 0 Å². The molecular formula is C17H29N5O2. The number of amides is 1. The van der Waals surface area contributed by atoms with E-state index in [4.69, 9.17) is 4.74 Å². The molecule has 3 rings (SSSR count). The fourth-order valence-corrected chi connectivity index (χ4v) is 3.34. The number of carbonyl (C=O) groups excluding carboxylic acids is 1. The van der Waals surface area contributed by atoms with Gasteiger partial charge in [0.05, 0.1) is 25.8 Å². The van der Waals surface area contributed by atoms with Gasteiger partial charge in [0, 0.05) is 58.7 Å². The Morgan fingerprint density at radius 2 is 2.00 bits per heavy atom. The first-order valence-electron chi connectivity index (χ1n) is 8.96. The Morgan fingerprint density at radius 1 is 1.25 bits per heavy atom. The molecule has 2 aliphatic heterocycles. The summed E-state index contributed by atoms with van der Waals surface area (Å²) in [5.41, 5.74) is 0. The van der Waals surface area contributed by atoms with E-state index < -0.39 is 0 Å². The van der Waals surface area contributed by atoms with Crippen LogP contribution < -0.4 is 0 Å². The lowest BCUT2D eigenvalue weighted by atomic mass is 10.2. The number of hydrogen-bond donors (Lipinski definition) is 0. The van der Waals surface area contributed by atoms with Crippen molar-refractivity contribution < 1.29 is 9.53 Å². The van der Waals surface area contributed by atoms with Crippen molar-refractivity contribution in [2.75, 3.05) is 52.4 Å². The highest BCUT2D eigenvalue weighted by molar-refractivity contribution is 5.78. The van der Waals surface area contributed by atoms with Gasteiger partial charge in [-0.25, -0.2) is 4.98 Å². The van der Waals surface area contributed by atoms with E-state index >= 15 is 0 Å². The predicted octanol–water partition coefficient (Wildman–Crippen LogP) is 0.175. The monoisotopic (exact) mass is 335 g/mol. The number of nitrogens with zero attached hydrogens (tertiary/aromatic N) is 5. The van der Waals surface area contributed by atoms with Gasteiger partial charge in [-0.2, -0.15) is 0 Å². The number of ether oxygens (including phenoxy) is 1. The molecule has 0 spiro atoms. The van der Waals surface area contributed by atoms with Gasteiger partial charge in [-0.05, 0) is 6.42 Å². The van der Waals surface area contributed by atoms with Crippen molar-refractivity contribution in [3.8, 4) is 0 Å². The number of aromatic nitrogens is 2. The van der Waals surface area contributed by atoms with Crippen molar-refractivity contribution in [1.29, 1.82) is 0 Å². The van der Waals surface area contributed by atoms with Crippen LogP contribution in [0, 0.1) is 0 Å². The lowest BCUT2D eigenvalue weighted by molar-refractivity contribution is -0.140. The van der Waals surface area contributed by atoms with E-state index in [-0.39, 0.29) is 12.0 Å². The Kier molecular flexibility index (Phi) is 5.86. The minimum atomic E-state index is 0.206. The second-order valence-electron chi connectivity index (χ2n) is 6.75. The van der Waals surface area contributed by atoms with Crippen LogP contribution in [0.1, 0.15) is 19.2 Å². The van der Waals surface area contributed by atoms with Crippen molar-refractivity contribution in [2.45, 2.75) is 26.0 Å². The summed E-state index contributed by atoms with van der Waals surface area (Å²) >= 11 is 0. The molecule has 2 saturated heterocycles. The van der Waals surface area contributed by atoms with Crippen LogP contribution in [0.5, 0.6) is 0 Å². The summed E-state index contributed by atoms with van der Waals surface area (Å²) in [5.74, 6) is 1.34. The second kappa shape index (κ2) is 8.09. The number of carbonyl (C=O) groups is 1. The van der Waals surface area contributed by atoms with Crippen molar-refractivity contribution in [1.82, 2.24) is 24.3 Å². The van der Waals surface area contributed by atoms with Gasteiger partial charge >= 0.3 is 0 Å². The molecule has 2 fully saturated rings. The fraction of sp³-hybridized carbons (Fsp3) is 0.765. The van der Waals surface area contributed by atoms with E-state index in [1.807, 2.05) is 24.3 Å². The van der Waals surface area contributed by atoms with Gasteiger partial charge in [-0.3, -0.25) is 14.6 Å². The molecule has 1 unspecified atom stereocenters. The van der Waals surface area contributed by atoms with Crippen LogP contribution in [-0.4, -0.2) is 88.7 Å². The molecule has 7 heteroatoms. The molecule has 0 N–H and O–H groups in total. The van der Waals surface area contributed by atoms with Crippen LogP contribution >= 0.6 is 0 Å². The molecule has 3 heterocycles. The molecule has 1 atom stereocenters. The number of rotatable bonds is 5. The van der Waals surface area contributed by atoms with E-state index in [0.717, 1.165) is 58.1 Å². The zero-order valence-corrected chi connectivity index (χ0v) is 14.9. The topological polar surface area (TPSA) is 53.8 Å². The minimum absolute atomic E-state index is 0.206. The average Bonchev–Trinajstić information content (AvgIpc) is 3.01. The normalized spacial score (nSPS) is 23.6. The first-order chi connectivity index (χ1) is 11.7. The Labute approximate surface area is 144 Å². The Morgan fingerprint density at radius 3 is 2.67 bits per heavy atom. The maximum atomic E-state index is 12.5. The summed E-state index contributed by atoms with van der Waals surface area (Å²) in [4.78, 5) is 23.6. The molecule has 1 amide bonds. The Hall–Kier alpha value is -1.44. The number of piperazine rings is 1. The highest BCUT2D eigenvalue weighted by atomic mass is 16.5. The number of aryl methyl sites for hydroxylation is 1. The van der Waals surface area contributed by atoms with E-state index in [0.29, 0.717) is 13.2 Å². The van der Waals surface area contributed by atoms with E-state index in [1.165, 1.54) is 0 Å². The predicted molar refractivity (Wildman–Crippen MR) is 91.5 cm³/mol. The third-order valence-electron chi connectivity index (χ3n) is 5.06. The molecule has 0 saturated carbocycles. The van der Waals surface area contributed by atoms with Crippen LogP contribution in [0.3, 0.4) is 0 Å². The zero-order chi connectivity index (χ0) is 16.9. The highest BCUT2D eigenvalue weighted by Gasteiger charge is 2.26. The summed E-state index contributed by atoms with van der Waals surface area (Å²) in [7, 11) is 2.03. The van der Waals surface area contributed by atoms with Gasteiger partial charge in [0.25, 0.3) is 0 Å². The number of morpholine rings is 1. The van der Waals surface area contributed by atoms with E-state index in [2.05, 4.69) is 26.3 Å². The van der Waals surface area contributed by atoms with Crippen LogP contribution in [-0.2, 0) is 23.1 Å². The van der Waals surface area contributed by atoms with Gasteiger partial charge < -0.3 is 14.2 Å². The smallest absolute Gasteiger partial charge is 0.236 e. The maximum Gasteiger partial charge on any atom is 0.236 e. The van der Waals surface area contributed by atoms with Crippen LogP contribution in [0.25, 0.3) is 0 Å². The Bertz CT molecular complexity index is 539. The SMILES string of the molecule is CCC1CN(C(=O)CN2CCN(Cc3nccn3C)CC2)CCO1. The lowest BCUT2D eigenvalue weighted by Crippen LogP contribution is -2.52. The molecule has 7 nitrogen and oxygen atoms in total. The van der Waals surface area contributed by atoms with Crippen molar-refractivity contribution in [3.63, 3.8) is 0 Å². The second-order valence-corrected chi connectivity index (χ2v) is 6.75. The summed E-state index contributed by atoms with van der Waals surface area (Å²) < 4.78 is 7.72. The maximum absolute atomic E-state index is 12.5. The highest BCUT2D eigenvalue weighted by Crippen LogP contribution is 2.11.